The molecular weight excluding hydrogens is 402 g/mol. The number of carbonyl (C=O) groups excluding carboxylic acids is 1. The second-order valence-corrected chi connectivity index (χ2v) is 10.4. The highest BCUT2D eigenvalue weighted by molar-refractivity contribution is 7.93. The van der Waals surface area contributed by atoms with Crippen LogP contribution in [0.3, 0.4) is 0 Å². The van der Waals surface area contributed by atoms with Crippen molar-refractivity contribution in [2.24, 2.45) is 0 Å². The number of nitrogens with zero attached hydrogens (tertiary/aromatic N) is 1. The van der Waals surface area contributed by atoms with Crippen molar-refractivity contribution in [1.29, 1.82) is 0 Å². The lowest BCUT2D eigenvalue weighted by molar-refractivity contribution is 0.102. The Balaban J connectivity index is 1.76. The Labute approximate surface area is 164 Å². The summed E-state index contributed by atoms with van der Waals surface area (Å²) in [6, 6.07) is 11.2. The summed E-state index contributed by atoms with van der Waals surface area (Å²) < 4.78 is 50.6. The maximum atomic E-state index is 12.5. The van der Waals surface area contributed by atoms with Gasteiger partial charge in [0.2, 0.25) is 20.0 Å². The van der Waals surface area contributed by atoms with E-state index in [1.54, 1.807) is 49.4 Å². The highest BCUT2D eigenvalue weighted by atomic mass is 32.2. The number of anilines is 3. The number of hydrogen-bond donors (Lipinski definition) is 2. The lowest BCUT2D eigenvalue weighted by Gasteiger charge is -2.17. The minimum absolute atomic E-state index is 0.131. The Kier molecular flexibility index (Phi) is 5.35. The molecule has 1 heterocycles. The minimum atomic E-state index is -3.44. The molecule has 0 unspecified atom stereocenters. The summed E-state index contributed by atoms with van der Waals surface area (Å²) in [5.41, 5.74) is 2.44. The molecule has 1 aliphatic heterocycles. The molecule has 2 aromatic carbocycles. The van der Waals surface area contributed by atoms with E-state index in [1.165, 1.54) is 4.31 Å². The smallest absolute Gasteiger partial charge is 0.255 e. The Morgan fingerprint density at radius 3 is 2.36 bits per heavy atom. The van der Waals surface area contributed by atoms with E-state index in [9.17, 15) is 21.6 Å². The van der Waals surface area contributed by atoms with Crippen LogP contribution in [0.4, 0.5) is 17.1 Å². The third-order valence-electron chi connectivity index (χ3n) is 4.31. The molecule has 1 fully saturated rings. The maximum Gasteiger partial charge on any atom is 0.255 e. The standard InChI is InChI=1S/C18H21N3O5S2/c1-13-4-7-15(12-17(13)20-27(2,23)24)19-18(22)14-5-8-16(9-6-14)21-10-3-11-28(21,25)26/h4-9,12,20H,3,10-11H2,1-2H3,(H,19,22). The van der Waals surface area contributed by atoms with Gasteiger partial charge in [-0.3, -0.25) is 13.8 Å². The van der Waals surface area contributed by atoms with Gasteiger partial charge in [0.1, 0.15) is 0 Å². The van der Waals surface area contributed by atoms with Crippen molar-refractivity contribution >= 4 is 43.0 Å². The van der Waals surface area contributed by atoms with Gasteiger partial charge in [-0.2, -0.15) is 0 Å². The molecule has 2 N–H and O–H groups in total. The number of carbonyl (C=O) groups is 1. The van der Waals surface area contributed by atoms with Gasteiger partial charge in [-0.25, -0.2) is 16.8 Å². The first-order valence-electron chi connectivity index (χ1n) is 8.55. The van der Waals surface area contributed by atoms with Crippen molar-refractivity contribution < 1.29 is 21.6 Å². The van der Waals surface area contributed by atoms with Gasteiger partial charge < -0.3 is 5.32 Å². The summed E-state index contributed by atoms with van der Waals surface area (Å²) in [5.74, 6) is -0.253. The fourth-order valence-electron chi connectivity index (χ4n) is 2.92. The zero-order chi connectivity index (χ0) is 20.5. The molecule has 8 nitrogen and oxygen atoms in total. The number of rotatable bonds is 5. The van der Waals surface area contributed by atoms with Crippen LogP contribution in [0.25, 0.3) is 0 Å². The van der Waals surface area contributed by atoms with Crippen LogP contribution in [0.1, 0.15) is 22.3 Å². The van der Waals surface area contributed by atoms with Crippen molar-refractivity contribution in [3.05, 3.63) is 53.6 Å². The predicted octanol–water partition coefficient (Wildman–Crippen LogP) is 2.16. The second-order valence-electron chi connectivity index (χ2n) is 6.65. The number of aryl methyl sites for hydroxylation is 1. The van der Waals surface area contributed by atoms with Gasteiger partial charge in [0.05, 0.1) is 23.4 Å². The Morgan fingerprint density at radius 1 is 1.11 bits per heavy atom. The number of hydrogen-bond acceptors (Lipinski definition) is 5. The number of benzene rings is 2. The summed E-state index contributed by atoms with van der Waals surface area (Å²) in [7, 11) is -6.70. The molecule has 0 bridgehead atoms. The van der Waals surface area contributed by atoms with E-state index in [-0.39, 0.29) is 11.7 Å². The monoisotopic (exact) mass is 423 g/mol. The van der Waals surface area contributed by atoms with E-state index in [4.69, 9.17) is 0 Å². The fraction of sp³-hybridized carbons (Fsp3) is 0.278. The van der Waals surface area contributed by atoms with Gasteiger partial charge in [0.15, 0.2) is 0 Å². The molecule has 0 saturated carbocycles. The Hall–Kier alpha value is -2.59. The average molecular weight is 424 g/mol. The topological polar surface area (TPSA) is 113 Å². The molecular formula is C18H21N3O5S2. The van der Waals surface area contributed by atoms with Gasteiger partial charge in [-0.05, 0) is 55.3 Å². The normalized spacial score (nSPS) is 16.0. The van der Waals surface area contributed by atoms with Gasteiger partial charge in [-0.1, -0.05) is 6.07 Å². The predicted molar refractivity (Wildman–Crippen MR) is 110 cm³/mol. The van der Waals surface area contributed by atoms with Crippen LogP contribution in [0, 0.1) is 6.92 Å². The summed E-state index contributed by atoms with van der Waals surface area (Å²) in [5, 5.41) is 2.71. The SMILES string of the molecule is Cc1ccc(NC(=O)c2ccc(N3CCCS3(=O)=O)cc2)cc1NS(C)(=O)=O. The van der Waals surface area contributed by atoms with E-state index in [1.807, 2.05) is 0 Å². The summed E-state index contributed by atoms with van der Waals surface area (Å²) >= 11 is 0. The second kappa shape index (κ2) is 7.44. The zero-order valence-electron chi connectivity index (χ0n) is 15.5. The molecule has 0 aromatic heterocycles. The molecule has 1 aliphatic rings. The molecule has 3 rings (SSSR count). The Morgan fingerprint density at radius 2 is 1.79 bits per heavy atom. The molecule has 28 heavy (non-hydrogen) atoms. The van der Waals surface area contributed by atoms with Gasteiger partial charge in [-0.15, -0.1) is 0 Å². The van der Waals surface area contributed by atoms with E-state index in [0.29, 0.717) is 35.6 Å². The highest BCUT2D eigenvalue weighted by Gasteiger charge is 2.28. The van der Waals surface area contributed by atoms with Crippen LogP contribution in [0.5, 0.6) is 0 Å². The van der Waals surface area contributed by atoms with Crippen LogP contribution >= 0.6 is 0 Å². The lowest BCUT2D eigenvalue weighted by atomic mass is 10.1. The first kappa shape index (κ1) is 20.2. The average Bonchev–Trinajstić information content (AvgIpc) is 2.96. The van der Waals surface area contributed by atoms with Crippen LogP contribution in [0.15, 0.2) is 42.5 Å². The largest absolute Gasteiger partial charge is 0.322 e. The summed E-state index contributed by atoms with van der Waals surface area (Å²) in [6.45, 7) is 2.19. The first-order chi connectivity index (χ1) is 13.0. The third kappa shape index (κ3) is 4.63. The van der Waals surface area contributed by atoms with E-state index in [0.717, 1.165) is 11.8 Å². The lowest BCUT2D eigenvalue weighted by Crippen LogP contribution is -2.25. The van der Waals surface area contributed by atoms with Crippen LogP contribution in [0.2, 0.25) is 0 Å². The molecule has 0 atom stereocenters. The number of sulfonamides is 2. The van der Waals surface area contributed by atoms with E-state index >= 15 is 0 Å². The molecule has 0 radical (unpaired) electrons. The molecule has 10 heteroatoms. The minimum Gasteiger partial charge on any atom is -0.322 e. The van der Waals surface area contributed by atoms with E-state index in [2.05, 4.69) is 10.0 Å². The maximum absolute atomic E-state index is 12.5. The first-order valence-corrected chi connectivity index (χ1v) is 12.1. The number of nitrogens with one attached hydrogen (secondary N) is 2. The van der Waals surface area contributed by atoms with Crippen molar-refractivity contribution in [3.8, 4) is 0 Å². The quantitative estimate of drug-likeness (QED) is 0.765. The molecule has 0 spiro atoms. The Bertz CT molecular complexity index is 1110. The van der Waals surface area contributed by atoms with Crippen molar-refractivity contribution in [2.75, 3.05) is 32.9 Å². The fourth-order valence-corrected chi connectivity index (χ4v) is 5.11. The molecule has 0 aliphatic carbocycles. The summed E-state index contributed by atoms with van der Waals surface area (Å²) in [6.07, 6.45) is 1.64. The van der Waals surface area contributed by atoms with Crippen LogP contribution in [-0.2, 0) is 20.0 Å². The van der Waals surface area contributed by atoms with Crippen molar-refractivity contribution in [2.45, 2.75) is 13.3 Å². The van der Waals surface area contributed by atoms with Crippen LogP contribution < -0.4 is 14.3 Å². The van der Waals surface area contributed by atoms with E-state index < -0.39 is 20.0 Å². The third-order valence-corrected chi connectivity index (χ3v) is 6.77. The zero-order valence-corrected chi connectivity index (χ0v) is 17.1. The number of amides is 1. The van der Waals surface area contributed by atoms with Crippen molar-refractivity contribution in [1.82, 2.24) is 0 Å². The molecule has 1 amide bonds. The van der Waals surface area contributed by atoms with Gasteiger partial charge >= 0.3 is 0 Å². The molecule has 150 valence electrons. The van der Waals surface area contributed by atoms with Crippen LogP contribution in [-0.4, -0.2) is 41.3 Å². The molecule has 2 aromatic rings. The molecule has 1 saturated heterocycles. The van der Waals surface area contributed by atoms with Gasteiger partial charge in [0.25, 0.3) is 5.91 Å². The van der Waals surface area contributed by atoms with Crippen molar-refractivity contribution in [3.63, 3.8) is 0 Å². The highest BCUT2D eigenvalue weighted by Crippen LogP contribution is 2.25. The summed E-state index contributed by atoms with van der Waals surface area (Å²) in [4.78, 5) is 12.5. The van der Waals surface area contributed by atoms with Gasteiger partial charge in [0, 0.05) is 17.8 Å².